The summed E-state index contributed by atoms with van der Waals surface area (Å²) in [6.45, 7) is 6.38. The number of hydrogen-bond acceptors (Lipinski definition) is 2. The summed E-state index contributed by atoms with van der Waals surface area (Å²) in [5.74, 6) is 1.24. The van der Waals surface area contributed by atoms with E-state index in [4.69, 9.17) is 0 Å². The van der Waals surface area contributed by atoms with Gasteiger partial charge < -0.3 is 5.11 Å². The number of carbonyl (C=O) groups is 1. The summed E-state index contributed by atoms with van der Waals surface area (Å²) in [6.07, 6.45) is 2.26. The third kappa shape index (κ3) is 1.40. The quantitative estimate of drug-likeness (QED) is 0.643. The Morgan fingerprint density at radius 1 is 1.36 bits per heavy atom. The molecule has 0 aromatic rings. The molecule has 0 bridgehead atoms. The van der Waals surface area contributed by atoms with Gasteiger partial charge in [0, 0.05) is 18.3 Å². The highest BCUT2D eigenvalue weighted by atomic mass is 16.3. The predicted molar refractivity (Wildman–Crippen MR) is 54.8 cm³/mol. The molecular formula is C12H20O2. The molecule has 2 heteroatoms. The zero-order valence-corrected chi connectivity index (χ0v) is 9.29. The maximum Gasteiger partial charge on any atom is 0.136 e. The molecule has 2 aliphatic rings. The second-order valence-electron chi connectivity index (χ2n) is 5.91. The summed E-state index contributed by atoms with van der Waals surface area (Å²) >= 11 is 0. The van der Waals surface area contributed by atoms with E-state index in [1.165, 1.54) is 0 Å². The smallest absolute Gasteiger partial charge is 0.136 e. The van der Waals surface area contributed by atoms with Crippen molar-refractivity contribution < 1.29 is 9.90 Å². The lowest BCUT2D eigenvalue weighted by Crippen LogP contribution is -2.40. The van der Waals surface area contributed by atoms with Gasteiger partial charge in [0.15, 0.2) is 0 Å². The Labute approximate surface area is 85.7 Å². The average molecular weight is 196 g/mol. The van der Waals surface area contributed by atoms with E-state index in [0.717, 1.165) is 12.8 Å². The minimum Gasteiger partial charge on any atom is -0.393 e. The van der Waals surface area contributed by atoms with Crippen LogP contribution in [0.15, 0.2) is 0 Å². The molecule has 0 unspecified atom stereocenters. The average Bonchev–Trinajstić information content (AvgIpc) is 2.21. The fourth-order valence-electron chi connectivity index (χ4n) is 3.60. The van der Waals surface area contributed by atoms with Crippen molar-refractivity contribution in [2.75, 3.05) is 0 Å². The Morgan fingerprint density at radius 3 is 2.64 bits per heavy atom. The van der Waals surface area contributed by atoms with Gasteiger partial charge in [0.1, 0.15) is 5.78 Å². The summed E-state index contributed by atoms with van der Waals surface area (Å²) in [5, 5.41) is 10.1. The fourth-order valence-corrected chi connectivity index (χ4v) is 3.60. The minimum absolute atomic E-state index is 0.0152. The molecule has 2 saturated carbocycles. The third-order valence-corrected chi connectivity index (χ3v) is 4.09. The van der Waals surface area contributed by atoms with Gasteiger partial charge in [-0.1, -0.05) is 20.8 Å². The van der Waals surface area contributed by atoms with E-state index in [9.17, 15) is 9.90 Å². The Hall–Kier alpha value is -0.370. The Balaban J connectivity index is 2.27. The molecule has 1 N–H and O–H groups in total. The van der Waals surface area contributed by atoms with Gasteiger partial charge in [-0.05, 0) is 24.2 Å². The molecule has 0 amide bonds. The predicted octanol–water partition coefficient (Wildman–Crippen LogP) is 2.01. The molecule has 2 aliphatic carbocycles. The number of aliphatic hydroxyl groups is 1. The molecule has 0 aromatic carbocycles. The SMILES string of the molecule is C[C@@H]1C[C@H](O)[C@@H]2[C@@H](C1)C(=O)CC2(C)C. The van der Waals surface area contributed by atoms with E-state index in [2.05, 4.69) is 20.8 Å². The normalized spacial score (nSPS) is 46.4. The lowest BCUT2D eigenvalue weighted by Gasteiger charge is -2.39. The molecule has 80 valence electrons. The van der Waals surface area contributed by atoms with Crippen molar-refractivity contribution in [3.8, 4) is 0 Å². The van der Waals surface area contributed by atoms with Crippen LogP contribution in [-0.4, -0.2) is 17.0 Å². The topological polar surface area (TPSA) is 37.3 Å². The van der Waals surface area contributed by atoms with Crippen molar-refractivity contribution in [1.82, 2.24) is 0 Å². The Morgan fingerprint density at radius 2 is 2.00 bits per heavy atom. The van der Waals surface area contributed by atoms with Crippen LogP contribution in [0.25, 0.3) is 0 Å². The first-order valence-electron chi connectivity index (χ1n) is 5.62. The molecule has 0 aromatic heterocycles. The second kappa shape index (κ2) is 3.06. The van der Waals surface area contributed by atoms with Crippen LogP contribution in [0.3, 0.4) is 0 Å². The van der Waals surface area contributed by atoms with Gasteiger partial charge in [-0.25, -0.2) is 0 Å². The van der Waals surface area contributed by atoms with Crippen molar-refractivity contribution in [1.29, 1.82) is 0 Å². The first-order valence-corrected chi connectivity index (χ1v) is 5.62. The number of carbonyl (C=O) groups excluding carboxylic acids is 1. The van der Waals surface area contributed by atoms with Gasteiger partial charge in [-0.2, -0.15) is 0 Å². The first kappa shape index (κ1) is 10.2. The van der Waals surface area contributed by atoms with Crippen molar-refractivity contribution in [2.24, 2.45) is 23.2 Å². The molecule has 0 aliphatic heterocycles. The maximum atomic E-state index is 11.8. The van der Waals surface area contributed by atoms with Crippen LogP contribution < -0.4 is 0 Å². The largest absolute Gasteiger partial charge is 0.393 e. The minimum atomic E-state index is -0.259. The molecular weight excluding hydrogens is 176 g/mol. The van der Waals surface area contributed by atoms with Crippen LogP contribution in [0, 0.1) is 23.2 Å². The van der Waals surface area contributed by atoms with E-state index in [1.54, 1.807) is 0 Å². The third-order valence-electron chi connectivity index (χ3n) is 4.09. The van der Waals surface area contributed by atoms with Gasteiger partial charge in [0.05, 0.1) is 6.10 Å². The van der Waals surface area contributed by atoms with Gasteiger partial charge in [-0.3, -0.25) is 4.79 Å². The summed E-state index contributed by atoms with van der Waals surface area (Å²) < 4.78 is 0. The molecule has 2 rings (SSSR count). The highest BCUT2D eigenvalue weighted by Gasteiger charge is 2.52. The van der Waals surface area contributed by atoms with Crippen LogP contribution in [-0.2, 0) is 4.79 Å². The summed E-state index contributed by atoms with van der Waals surface area (Å²) in [6, 6.07) is 0. The van der Waals surface area contributed by atoms with E-state index >= 15 is 0 Å². The molecule has 2 nitrogen and oxygen atoms in total. The number of hydrogen-bond donors (Lipinski definition) is 1. The zero-order chi connectivity index (χ0) is 10.5. The van der Waals surface area contributed by atoms with Crippen LogP contribution in [0.1, 0.15) is 40.0 Å². The number of rotatable bonds is 0. The Bertz CT molecular complexity index is 257. The molecule has 2 fully saturated rings. The van der Waals surface area contributed by atoms with Crippen molar-refractivity contribution in [2.45, 2.75) is 46.1 Å². The van der Waals surface area contributed by atoms with Gasteiger partial charge in [-0.15, -0.1) is 0 Å². The first-order chi connectivity index (χ1) is 6.42. The van der Waals surface area contributed by atoms with Crippen molar-refractivity contribution in [3.63, 3.8) is 0 Å². The van der Waals surface area contributed by atoms with Crippen molar-refractivity contribution in [3.05, 3.63) is 0 Å². The number of fused-ring (bicyclic) bond motifs is 1. The van der Waals surface area contributed by atoms with Crippen LogP contribution in [0.4, 0.5) is 0 Å². The lowest BCUT2D eigenvalue weighted by atomic mass is 9.67. The van der Waals surface area contributed by atoms with Gasteiger partial charge >= 0.3 is 0 Å². The van der Waals surface area contributed by atoms with Crippen LogP contribution in [0.2, 0.25) is 0 Å². The molecule has 0 radical (unpaired) electrons. The second-order valence-corrected chi connectivity index (χ2v) is 5.91. The fraction of sp³-hybridized carbons (Fsp3) is 0.917. The number of aliphatic hydroxyl groups excluding tert-OH is 1. The number of Topliss-reactive ketones (excluding diaryl/α,β-unsaturated/α-hetero) is 1. The van der Waals surface area contributed by atoms with Gasteiger partial charge in [0.25, 0.3) is 0 Å². The molecule has 4 atom stereocenters. The van der Waals surface area contributed by atoms with E-state index in [-0.39, 0.29) is 23.4 Å². The highest BCUT2D eigenvalue weighted by Crippen LogP contribution is 2.52. The summed E-state index contributed by atoms with van der Waals surface area (Å²) in [4.78, 5) is 11.8. The monoisotopic (exact) mass is 196 g/mol. The maximum absolute atomic E-state index is 11.8. The summed E-state index contributed by atoms with van der Waals surface area (Å²) in [5.41, 5.74) is 0.0152. The van der Waals surface area contributed by atoms with Crippen LogP contribution >= 0.6 is 0 Å². The number of ketones is 1. The zero-order valence-electron chi connectivity index (χ0n) is 9.29. The standard InChI is InChI=1S/C12H20O2/c1-7-4-8-10(14)6-12(2,3)11(8)9(13)5-7/h7-9,11,13H,4-6H2,1-3H3/t7-,8-,9-,11-/m0/s1. The van der Waals surface area contributed by atoms with Gasteiger partial charge in [0.2, 0.25) is 0 Å². The van der Waals surface area contributed by atoms with E-state index in [1.807, 2.05) is 0 Å². The lowest BCUT2D eigenvalue weighted by molar-refractivity contribution is -0.124. The molecule has 14 heavy (non-hydrogen) atoms. The molecule has 0 heterocycles. The Kier molecular flexibility index (Phi) is 2.22. The van der Waals surface area contributed by atoms with Crippen molar-refractivity contribution >= 4 is 5.78 Å². The molecule has 0 spiro atoms. The van der Waals surface area contributed by atoms with E-state index < -0.39 is 0 Å². The summed E-state index contributed by atoms with van der Waals surface area (Å²) in [7, 11) is 0. The van der Waals surface area contributed by atoms with Crippen LogP contribution in [0.5, 0.6) is 0 Å². The van der Waals surface area contributed by atoms with E-state index in [0.29, 0.717) is 18.1 Å². The molecule has 0 saturated heterocycles. The highest BCUT2D eigenvalue weighted by molar-refractivity contribution is 5.84.